The Kier molecular flexibility index (Phi) is 2.79. The Morgan fingerprint density at radius 1 is 1.38 bits per heavy atom. The average Bonchev–Trinajstić information content (AvgIpc) is 2.61. The lowest BCUT2D eigenvalue weighted by molar-refractivity contribution is 0.812. The summed E-state index contributed by atoms with van der Waals surface area (Å²) in [4.78, 5) is 0. The Morgan fingerprint density at radius 3 is 2.92 bits per heavy atom. The zero-order valence-corrected chi connectivity index (χ0v) is 8.73. The molecule has 0 aromatic heterocycles. The number of thioether (sulfide) groups is 1. The first-order valence-electron chi connectivity index (χ1n) is 4.76. The van der Waals surface area contributed by atoms with E-state index in [1.54, 1.807) is 0 Å². The van der Waals surface area contributed by atoms with Gasteiger partial charge in [-0.05, 0) is 30.7 Å². The first kappa shape index (κ1) is 8.95. The molecule has 70 valence electrons. The summed E-state index contributed by atoms with van der Waals surface area (Å²) < 4.78 is 0. The molecule has 0 aliphatic carbocycles. The molecule has 0 spiro atoms. The highest BCUT2D eigenvalue weighted by molar-refractivity contribution is 7.99. The van der Waals surface area contributed by atoms with Gasteiger partial charge in [0, 0.05) is 17.5 Å². The zero-order valence-electron chi connectivity index (χ0n) is 7.92. The van der Waals surface area contributed by atoms with Crippen LogP contribution in [0.15, 0.2) is 24.3 Å². The Balaban J connectivity index is 2.04. The van der Waals surface area contributed by atoms with Crippen molar-refractivity contribution in [2.45, 2.75) is 19.4 Å². The minimum Gasteiger partial charge on any atom is -0.381 e. The normalized spacial score (nSPS) is 21.8. The molecule has 0 radical (unpaired) electrons. The topological polar surface area (TPSA) is 12.0 Å². The van der Waals surface area contributed by atoms with Gasteiger partial charge in [0.2, 0.25) is 0 Å². The maximum Gasteiger partial charge on any atom is 0.0372 e. The lowest BCUT2D eigenvalue weighted by atomic mass is 10.1. The zero-order chi connectivity index (χ0) is 9.10. The van der Waals surface area contributed by atoms with Gasteiger partial charge in [-0.2, -0.15) is 11.8 Å². The van der Waals surface area contributed by atoms with E-state index in [0.717, 1.165) is 0 Å². The van der Waals surface area contributed by atoms with Crippen LogP contribution < -0.4 is 5.32 Å². The smallest absolute Gasteiger partial charge is 0.0372 e. The molecule has 1 saturated heterocycles. The van der Waals surface area contributed by atoms with Crippen molar-refractivity contribution >= 4 is 17.4 Å². The molecule has 0 unspecified atom stereocenters. The molecule has 1 aliphatic heterocycles. The summed E-state index contributed by atoms with van der Waals surface area (Å²) in [5.74, 6) is 2.57. The van der Waals surface area contributed by atoms with Gasteiger partial charge in [-0.15, -0.1) is 0 Å². The van der Waals surface area contributed by atoms with Crippen LogP contribution in [0.25, 0.3) is 0 Å². The summed E-state index contributed by atoms with van der Waals surface area (Å²) >= 11 is 2.04. The summed E-state index contributed by atoms with van der Waals surface area (Å²) in [6.45, 7) is 2.16. The van der Waals surface area contributed by atoms with E-state index in [2.05, 4.69) is 36.5 Å². The highest BCUT2D eigenvalue weighted by Crippen LogP contribution is 2.22. The van der Waals surface area contributed by atoms with E-state index < -0.39 is 0 Å². The van der Waals surface area contributed by atoms with Crippen molar-refractivity contribution < 1.29 is 0 Å². The third-order valence-electron chi connectivity index (χ3n) is 2.43. The van der Waals surface area contributed by atoms with Crippen LogP contribution in [-0.2, 0) is 0 Å². The molecular formula is C11H15NS. The fourth-order valence-corrected chi connectivity index (χ4v) is 2.76. The number of para-hydroxylation sites is 1. The maximum atomic E-state index is 3.59. The molecule has 1 aromatic carbocycles. The summed E-state index contributed by atoms with van der Waals surface area (Å²) in [5.41, 5.74) is 2.65. The van der Waals surface area contributed by atoms with Crippen LogP contribution in [-0.4, -0.2) is 17.5 Å². The SMILES string of the molecule is Cc1ccccc1N[C@@H]1CCSC1. The maximum absolute atomic E-state index is 3.59. The Hall–Kier alpha value is -0.630. The van der Waals surface area contributed by atoms with Crippen molar-refractivity contribution in [2.24, 2.45) is 0 Å². The molecule has 1 aliphatic rings. The molecule has 1 heterocycles. The third-order valence-corrected chi connectivity index (χ3v) is 3.60. The van der Waals surface area contributed by atoms with Crippen molar-refractivity contribution in [3.63, 3.8) is 0 Å². The summed E-state index contributed by atoms with van der Waals surface area (Å²) in [6.07, 6.45) is 1.30. The second-order valence-electron chi connectivity index (χ2n) is 3.52. The fraction of sp³-hybridized carbons (Fsp3) is 0.455. The molecule has 2 rings (SSSR count). The molecule has 0 saturated carbocycles. The summed E-state index contributed by atoms with van der Waals surface area (Å²) in [5, 5.41) is 3.59. The van der Waals surface area contributed by atoms with E-state index in [4.69, 9.17) is 0 Å². The molecule has 1 nitrogen and oxygen atoms in total. The fourth-order valence-electron chi connectivity index (χ4n) is 1.60. The highest BCUT2D eigenvalue weighted by atomic mass is 32.2. The Labute approximate surface area is 83.9 Å². The Morgan fingerprint density at radius 2 is 2.23 bits per heavy atom. The number of hydrogen-bond acceptors (Lipinski definition) is 2. The van der Waals surface area contributed by atoms with Crippen molar-refractivity contribution in [3.05, 3.63) is 29.8 Å². The van der Waals surface area contributed by atoms with Crippen LogP contribution in [0, 0.1) is 6.92 Å². The van der Waals surface area contributed by atoms with E-state index >= 15 is 0 Å². The van der Waals surface area contributed by atoms with Crippen LogP contribution in [0.3, 0.4) is 0 Å². The van der Waals surface area contributed by atoms with E-state index in [1.165, 1.54) is 29.2 Å². The highest BCUT2D eigenvalue weighted by Gasteiger charge is 2.14. The van der Waals surface area contributed by atoms with Crippen LogP contribution >= 0.6 is 11.8 Å². The van der Waals surface area contributed by atoms with E-state index in [1.807, 2.05) is 11.8 Å². The Bertz CT molecular complexity index is 279. The second-order valence-corrected chi connectivity index (χ2v) is 4.67. The predicted molar refractivity (Wildman–Crippen MR) is 60.5 cm³/mol. The molecule has 1 atom stereocenters. The van der Waals surface area contributed by atoms with Crippen molar-refractivity contribution in [1.29, 1.82) is 0 Å². The first-order valence-corrected chi connectivity index (χ1v) is 5.91. The molecule has 2 heteroatoms. The third kappa shape index (κ3) is 2.19. The summed E-state index contributed by atoms with van der Waals surface area (Å²) in [7, 11) is 0. The molecular weight excluding hydrogens is 178 g/mol. The minimum absolute atomic E-state index is 0.686. The first-order chi connectivity index (χ1) is 6.36. The largest absolute Gasteiger partial charge is 0.381 e. The predicted octanol–water partition coefficient (Wildman–Crippen LogP) is 2.91. The van der Waals surface area contributed by atoms with Gasteiger partial charge in [0.1, 0.15) is 0 Å². The van der Waals surface area contributed by atoms with Crippen LogP contribution in [0.5, 0.6) is 0 Å². The van der Waals surface area contributed by atoms with Gasteiger partial charge in [0.05, 0.1) is 0 Å². The van der Waals surface area contributed by atoms with Gasteiger partial charge in [0.15, 0.2) is 0 Å². The van der Waals surface area contributed by atoms with Gasteiger partial charge in [-0.1, -0.05) is 18.2 Å². The van der Waals surface area contributed by atoms with Crippen LogP contribution in [0.4, 0.5) is 5.69 Å². The molecule has 1 aromatic rings. The van der Waals surface area contributed by atoms with Crippen molar-refractivity contribution in [1.82, 2.24) is 0 Å². The van der Waals surface area contributed by atoms with E-state index in [9.17, 15) is 0 Å². The monoisotopic (exact) mass is 193 g/mol. The van der Waals surface area contributed by atoms with Crippen molar-refractivity contribution in [2.75, 3.05) is 16.8 Å². The standard InChI is InChI=1S/C11H15NS/c1-9-4-2-3-5-11(9)12-10-6-7-13-8-10/h2-5,10,12H,6-8H2,1H3/t10-/m1/s1. The number of hydrogen-bond donors (Lipinski definition) is 1. The van der Waals surface area contributed by atoms with Gasteiger partial charge < -0.3 is 5.32 Å². The minimum atomic E-state index is 0.686. The van der Waals surface area contributed by atoms with Crippen LogP contribution in [0.2, 0.25) is 0 Å². The quantitative estimate of drug-likeness (QED) is 0.775. The van der Waals surface area contributed by atoms with Gasteiger partial charge in [0.25, 0.3) is 0 Å². The molecule has 0 bridgehead atoms. The van der Waals surface area contributed by atoms with Gasteiger partial charge >= 0.3 is 0 Å². The summed E-state index contributed by atoms with van der Waals surface area (Å²) in [6, 6.07) is 9.19. The van der Waals surface area contributed by atoms with E-state index in [-0.39, 0.29) is 0 Å². The number of aryl methyl sites for hydroxylation is 1. The molecule has 1 N–H and O–H groups in total. The number of nitrogens with one attached hydrogen (secondary N) is 1. The molecule has 0 amide bonds. The number of benzene rings is 1. The molecule has 1 fully saturated rings. The average molecular weight is 193 g/mol. The number of anilines is 1. The lowest BCUT2D eigenvalue weighted by Gasteiger charge is -2.14. The number of rotatable bonds is 2. The lowest BCUT2D eigenvalue weighted by Crippen LogP contribution is -2.18. The van der Waals surface area contributed by atoms with E-state index in [0.29, 0.717) is 6.04 Å². The molecule has 13 heavy (non-hydrogen) atoms. The van der Waals surface area contributed by atoms with Crippen molar-refractivity contribution in [3.8, 4) is 0 Å². The van der Waals surface area contributed by atoms with Gasteiger partial charge in [-0.3, -0.25) is 0 Å². The van der Waals surface area contributed by atoms with Gasteiger partial charge in [-0.25, -0.2) is 0 Å². The second kappa shape index (κ2) is 4.05. The van der Waals surface area contributed by atoms with Crippen LogP contribution in [0.1, 0.15) is 12.0 Å².